The second-order valence-corrected chi connectivity index (χ2v) is 6.90. The van der Waals surface area contributed by atoms with Gasteiger partial charge in [0.1, 0.15) is 0 Å². The maximum atomic E-state index is 11.6. The standard InChI is InChI=1S/C10H23N3O2S/c1-10(2,3)13-16(14,15)12-7-5-9-4-6-11-8-9/h9,11-13H,4-8H2,1-3H3. The SMILES string of the molecule is CC(C)(C)NS(=O)(=O)NCCC1CCNC1. The third kappa shape index (κ3) is 5.79. The van der Waals surface area contributed by atoms with Crippen molar-refractivity contribution in [2.45, 2.75) is 39.2 Å². The summed E-state index contributed by atoms with van der Waals surface area (Å²) in [6.45, 7) is 8.05. The van der Waals surface area contributed by atoms with Gasteiger partial charge >= 0.3 is 0 Å². The Morgan fingerprint density at radius 2 is 2.06 bits per heavy atom. The summed E-state index contributed by atoms with van der Waals surface area (Å²) in [5.74, 6) is 0.609. The molecule has 1 saturated heterocycles. The van der Waals surface area contributed by atoms with Crippen molar-refractivity contribution in [2.24, 2.45) is 5.92 Å². The van der Waals surface area contributed by atoms with Gasteiger partial charge in [-0.2, -0.15) is 13.1 Å². The van der Waals surface area contributed by atoms with E-state index in [0.717, 1.165) is 25.9 Å². The minimum atomic E-state index is -3.35. The average Bonchev–Trinajstić information content (AvgIpc) is 2.51. The molecule has 0 aromatic rings. The van der Waals surface area contributed by atoms with Crippen molar-refractivity contribution in [2.75, 3.05) is 19.6 Å². The van der Waals surface area contributed by atoms with Crippen LogP contribution in [0.25, 0.3) is 0 Å². The van der Waals surface area contributed by atoms with E-state index < -0.39 is 15.7 Å². The molecular weight excluding hydrogens is 226 g/mol. The summed E-state index contributed by atoms with van der Waals surface area (Å²) in [7, 11) is -3.35. The molecule has 0 aliphatic carbocycles. The molecule has 1 atom stereocenters. The predicted octanol–water partition coefficient (Wildman–Crippen LogP) is 0.209. The van der Waals surface area contributed by atoms with Crippen molar-refractivity contribution in [3.63, 3.8) is 0 Å². The third-order valence-electron chi connectivity index (χ3n) is 2.45. The molecule has 1 aliphatic rings. The fourth-order valence-corrected chi connectivity index (χ4v) is 3.06. The second kappa shape index (κ2) is 5.44. The Morgan fingerprint density at radius 3 is 2.56 bits per heavy atom. The van der Waals surface area contributed by atoms with Crippen molar-refractivity contribution in [1.82, 2.24) is 14.8 Å². The summed E-state index contributed by atoms with van der Waals surface area (Å²) < 4.78 is 28.3. The van der Waals surface area contributed by atoms with Gasteiger partial charge in [0.15, 0.2) is 0 Å². The fraction of sp³-hybridized carbons (Fsp3) is 1.00. The molecular formula is C10H23N3O2S. The topological polar surface area (TPSA) is 70.2 Å². The number of nitrogens with one attached hydrogen (secondary N) is 3. The lowest BCUT2D eigenvalue weighted by Crippen LogP contribution is -2.47. The minimum Gasteiger partial charge on any atom is -0.316 e. The van der Waals surface area contributed by atoms with E-state index in [1.54, 1.807) is 0 Å². The maximum Gasteiger partial charge on any atom is 0.277 e. The smallest absolute Gasteiger partial charge is 0.277 e. The van der Waals surface area contributed by atoms with Crippen LogP contribution >= 0.6 is 0 Å². The first kappa shape index (κ1) is 13.9. The number of hydrogen-bond donors (Lipinski definition) is 3. The minimum absolute atomic E-state index is 0.430. The molecule has 0 bridgehead atoms. The van der Waals surface area contributed by atoms with Crippen LogP contribution in [0.1, 0.15) is 33.6 Å². The van der Waals surface area contributed by atoms with Crippen LogP contribution < -0.4 is 14.8 Å². The van der Waals surface area contributed by atoms with E-state index in [0.29, 0.717) is 12.5 Å². The van der Waals surface area contributed by atoms with Gasteiger partial charge in [-0.1, -0.05) is 0 Å². The summed E-state index contributed by atoms with van der Waals surface area (Å²) in [6, 6.07) is 0. The molecule has 16 heavy (non-hydrogen) atoms. The first-order valence-electron chi connectivity index (χ1n) is 5.78. The lowest BCUT2D eigenvalue weighted by molar-refractivity contribution is 0.475. The molecule has 5 nitrogen and oxygen atoms in total. The van der Waals surface area contributed by atoms with Crippen LogP contribution in [-0.4, -0.2) is 33.6 Å². The van der Waals surface area contributed by atoms with Crippen LogP contribution in [0.3, 0.4) is 0 Å². The molecule has 96 valence electrons. The molecule has 1 fully saturated rings. The van der Waals surface area contributed by atoms with Crippen molar-refractivity contribution >= 4 is 10.2 Å². The van der Waals surface area contributed by atoms with E-state index in [4.69, 9.17) is 0 Å². The molecule has 0 saturated carbocycles. The van der Waals surface area contributed by atoms with E-state index in [-0.39, 0.29) is 0 Å². The molecule has 1 aliphatic heterocycles. The van der Waals surface area contributed by atoms with Crippen molar-refractivity contribution in [3.8, 4) is 0 Å². The highest BCUT2D eigenvalue weighted by Crippen LogP contribution is 2.11. The first-order chi connectivity index (χ1) is 7.29. The Labute approximate surface area is 98.6 Å². The fourth-order valence-electron chi connectivity index (χ4n) is 1.80. The van der Waals surface area contributed by atoms with E-state index in [2.05, 4.69) is 14.8 Å². The van der Waals surface area contributed by atoms with E-state index >= 15 is 0 Å². The van der Waals surface area contributed by atoms with Gasteiger partial charge in [0.25, 0.3) is 10.2 Å². The van der Waals surface area contributed by atoms with Gasteiger partial charge < -0.3 is 5.32 Å². The molecule has 1 unspecified atom stereocenters. The highest BCUT2D eigenvalue weighted by Gasteiger charge is 2.20. The van der Waals surface area contributed by atoms with Gasteiger partial charge in [0, 0.05) is 12.1 Å². The van der Waals surface area contributed by atoms with Gasteiger partial charge in [-0.25, -0.2) is 4.72 Å². The molecule has 0 aromatic carbocycles. The van der Waals surface area contributed by atoms with E-state index in [1.807, 2.05) is 20.8 Å². The Balaban J connectivity index is 2.25. The Morgan fingerprint density at radius 1 is 1.38 bits per heavy atom. The summed E-state index contributed by atoms with van der Waals surface area (Å²) in [5.41, 5.74) is -0.430. The summed E-state index contributed by atoms with van der Waals surface area (Å²) in [4.78, 5) is 0. The zero-order chi connectivity index (χ0) is 12.2. The van der Waals surface area contributed by atoms with Crippen LogP contribution in [0.2, 0.25) is 0 Å². The largest absolute Gasteiger partial charge is 0.316 e. The zero-order valence-corrected chi connectivity index (χ0v) is 11.2. The van der Waals surface area contributed by atoms with Crippen molar-refractivity contribution in [3.05, 3.63) is 0 Å². The maximum absolute atomic E-state index is 11.6. The van der Waals surface area contributed by atoms with Gasteiger partial charge in [0.2, 0.25) is 0 Å². The Kier molecular flexibility index (Phi) is 4.73. The Bertz CT molecular complexity index is 303. The van der Waals surface area contributed by atoms with Gasteiger partial charge in [0.05, 0.1) is 0 Å². The van der Waals surface area contributed by atoms with E-state index in [9.17, 15) is 8.42 Å². The van der Waals surface area contributed by atoms with Crippen molar-refractivity contribution in [1.29, 1.82) is 0 Å². The normalized spacial score (nSPS) is 22.6. The number of rotatable bonds is 5. The monoisotopic (exact) mass is 249 g/mol. The van der Waals surface area contributed by atoms with Crippen LogP contribution in [0.5, 0.6) is 0 Å². The van der Waals surface area contributed by atoms with Gasteiger partial charge in [-0.3, -0.25) is 0 Å². The molecule has 1 heterocycles. The average molecular weight is 249 g/mol. The molecule has 3 N–H and O–H groups in total. The first-order valence-corrected chi connectivity index (χ1v) is 7.26. The van der Waals surface area contributed by atoms with Crippen molar-refractivity contribution < 1.29 is 8.42 Å². The van der Waals surface area contributed by atoms with Crippen LogP contribution in [-0.2, 0) is 10.2 Å². The predicted molar refractivity (Wildman–Crippen MR) is 65.4 cm³/mol. The Hall–Kier alpha value is -0.170. The third-order valence-corrected chi connectivity index (χ3v) is 3.91. The van der Waals surface area contributed by atoms with Gasteiger partial charge in [-0.15, -0.1) is 0 Å². The summed E-state index contributed by atoms with van der Waals surface area (Å²) >= 11 is 0. The molecule has 0 amide bonds. The van der Waals surface area contributed by atoms with Crippen LogP contribution in [0.4, 0.5) is 0 Å². The highest BCUT2D eigenvalue weighted by molar-refractivity contribution is 7.87. The lowest BCUT2D eigenvalue weighted by Gasteiger charge is -2.20. The highest BCUT2D eigenvalue weighted by atomic mass is 32.2. The second-order valence-electron chi connectivity index (χ2n) is 5.40. The van der Waals surface area contributed by atoms with Crippen LogP contribution in [0, 0.1) is 5.92 Å². The lowest BCUT2D eigenvalue weighted by atomic mass is 10.1. The molecule has 1 rings (SSSR count). The quantitative estimate of drug-likeness (QED) is 0.652. The van der Waals surface area contributed by atoms with Gasteiger partial charge in [-0.05, 0) is 52.6 Å². The molecule has 0 radical (unpaired) electrons. The molecule has 0 spiro atoms. The summed E-state index contributed by atoms with van der Waals surface area (Å²) in [6.07, 6.45) is 2.05. The van der Waals surface area contributed by atoms with E-state index in [1.165, 1.54) is 0 Å². The van der Waals surface area contributed by atoms with Crippen LogP contribution in [0.15, 0.2) is 0 Å². The molecule has 0 aromatic heterocycles. The number of hydrogen-bond acceptors (Lipinski definition) is 3. The zero-order valence-electron chi connectivity index (χ0n) is 10.3. The summed E-state index contributed by atoms with van der Waals surface area (Å²) in [5, 5.41) is 3.27. The molecule has 6 heteroatoms.